The predicted molar refractivity (Wildman–Crippen MR) is 93.1 cm³/mol. The van der Waals surface area contributed by atoms with Gasteiger partial charge in [0.25, 0.3) is 0 Å². The molecular weight excluding hydrogens is 292 g/mol. The number of rotatable bonds is 12. The van der Waals surface area contributed by atoms with Gasteiger partial charge >= 0.3 is 0 Å². The molecule has 0 fully saturated rings. The topological polar surface area (TPSA) is 36.9 Å². The van der Waals surface area contributed by atoms with Crippen LogP contribution in [0, 0.1) is 5.92 Å². The Kier molecular flexibility index (Phi) is 11.0. The number of hydrogen-bond acceptors (Lipinski definition) is 4. The lowest BCUT2D eigenvalue weighted by Crippen LogP contribution is -2.06. The number of ether oxygens (including phenoxy) is 4. The summed E-state index contributed by atoms with van der Waals surface area (Å²) in [6, 6.07) is 0. The van der Waals surface area contributed by atoms with Crippen molar-refractivity contribution in [1.29, 1.82) is 0 Å². The summed E-state index contributed by atoms with van der Waals surface area (Å²) in [4.78, 5) is 0. The molecule has 1 atom stereocenters. The van der Waals surface area contributed by atoms with E-state index in [4.69, 9.17) is 18.9 Å². The summed E-state index contributed by atoms with van der Waals surface area (Å²) in [5.41, 5.74) is 0. The fourth-order valence-electron chi connectivity index (χ4n) is 2.06. The van der Waals surface area contributed by atoms with Crippen molar-refractivity contribution in [3.8, 4) is 0 Å². The normalized spacial score (nSPS) is 18.3. The van der Waals surface area contributed by atoms with Crippen LogP contribution < -0.4 is 0 Å². The van der Waals surface area contributed by atoms with Crippen LogP contribution >= 0.6 is 0 Å². The monoisotopic (exact) mass is 322 g/mol. The van der Waals surface area contributed by atoms with Gasteiger partial charge in [-0.05, 0) is 45.4 Å². The Morgan fingerprint density at radius 3 is 2.61 bits per heavy atom. The molecule has 0 heterocycles. The van der Waals surface area contributed by atoms with Gasteiger partial charge in [-0.15, -0.1) is 0 Å². The molecule has 0 aromatic rings. The van der Waals surface area contributed by atoms with Crippen LogP contribution in [0.3, 0.4) is 0 Å². The Labute approximate surface area is 140 Å². The first-order valence-corrected chi connectivity index (χ1v) is 8.40. The molecule has 0 aliphatic heterocycles. The highest BCUT2D eigenvalue weighted by Gasteiger charge is 2.06. The highest BCUT2D eigenvalue weighted by Crippen LogP contribution is 2.18. The van der Waals surface area contributed by atoms with Crippen molar-refractivity contribution in [3.05, 3.63) is 48.0 Å². The molecule has 4 heteroatoms. The summed E-state index contributed by atoms with van der Waals surface area (Å²) in [5.74, 6) is 2.17. The predicted octanol–water partition coefficient (Wildman–Crippen LogP) is 4.01. The summed E-state index contributed by atoms with van der Waals surface area (Å²) in [7, 11) is 0. The second kappa shape index (κ2) is 13.0. The van der Waals surface area contributed by atoms with Crippen molar-refractivity contribution in [3.63, 3.8) is 0 Å². The first kappa shape index (κ1) is 19.5. The Hall–Kier alpha value is -1.52. The van der Waals surface area contributed by atoms with Gasteiger partial charge in [-0.2, -0.15) is 0 Å². The molecule has 0 spiro atoms. The summed E-state index contributed by atoms with van der Waals surface area (Å²) in [6.07, 6.45) is 13.5. The molecule has 1 rings (SSSR count). The molecule has 0 aromatic heterocycles. The zero-order valence-electron chi connectivity index (χ0n) is 14.6. The van der Waals surface area contributed by atoms with E-state index in [1.807, 2.05) is 39.0 Å². The van der Waals surface area contributed by atoms with Crippen LogP contribution in [0.15, 0.2) is 48.0 Å². The summed E-state index contributed by atoms with van der Waals surface area (Å²) in [5, 5.41) is 0. The molecule has 1 aliphatic rings. The van der Waals surface area contributed by atoms with Crippen LogP contribution in [0.4, 0.5) is 0 Å². The second-order valence-electron chi connectivity index (χ2n) is 5.12. The van der Waals surface area contributed by atoms with Crippen LogP contribution in [0.1, 0.15) is 27.2 Å². The van der Waals surface area contributed by atoms with Crippen LogP contribution in [-0.4, -0.2) is 39.6 Å². The fourth-order valence-corrected chi connectivity index (χ4v) is 2.06. The molecular formula is C19H30O4. The lowest BCUT2D eigenvalue weighted by Gasteiger charge is -2.14. The van der Waals surface area contributed by atoms with E-state index in [2.05, 4.69) is 18.2 Å². The van der Waals surface area contributed by atoms with Crippen LogP contribution in [0.2, 0.25) is 0 Å². The zero-order chi connectivity index (χ0) is 16.8. The highest BCUT2D eigenvalue weighted by molar-refractivity contribution is 5.22. The summed E-state index contributed by atoms with van der Waals surface area (Å²) in [6.45, 7) is 9.80. The molecule has 1 aliphatic carbocycles. The van der Waals surface area contributed by atoms with E-state index in [0.717, 1.165) is 31.2 Å². The van der Waals surface area contributed by atoms with Gasteiger partial charge in [-0.3, -0.25) is 0 Å². The van der Waals surface area contributed by atoms with Gasteiger partial charge in [0.1, 0.15) is 19.0 Å². The van der Waals surface area contributed by atoms with E-state index in [1.165, 1.54) is 0 Å². The fraction of sp³-hybridized carbons (Fsp3) is 0.579. The van der Waals surface area contributed by atoms with E-state index in [1.54, 1.807) is 0 Å². The van der Waals surface area contributed by atoms with E-state index in [-0.39, 0.29) is 0 Å². The molecule has 0 aromatic carbocycles. The van der Waals surface area contributed by atoms with E-state index in [9.17, 15) is 0 Å². The van der Waals surface area contributed by atoms with Crippen molar-refractivity contribution >= 4 is 0 Å². The molecule has 0 bridgehead atoms. The molecule has 0 saturated heterocycles. The standard InChI is InChI=1S/C19H30O4/c1-4-20-12-14-22-17(3)8-6-9-18-10-7-11-19(16-18)23-15-13-21-5-2/h6-9,11,16,18H,4-5,10,12-15H2,1-3H3/b9-6+,17-8+. The Balaban J connectivity index is 2.31. The first-order valence-electron chi connectivity index (χ1n) is 8.40. The van der Waals surface area contributed by atoms with Gasteiger partial charge in [-0.25, -0.2) is 0 Å². The Morgan fingerprint density at radius 2 is 1.87 bits per heavy atom. The summed E-state index contributed by atoms with van der Waals surface area (Å²) < 4.78 is 21.7. The van der Waals surface area contributed by atoms with Crippen molar-refractivity contribution in [2.24, 2.45) is 5.92 Å². The van der Waals surface area contributed by atoms with Gasteiger partial charge < -0.3 is 18.9 Å². The smallest absolute Gasteiger partial charge is 0.115 e. The highest BCUT2D eigenvalue weighted by atomic mass is 16.5. The molecule has 1 unspecified atom stereocenters. The average molecular weight is 322 g/mol. The van der Waals surface area contributed by atoms with Gasteiger partial charge in [-0.1, -0.05) is 18.2 Å². The number of hydrogen-bond donors (Lipinski definition) is 0. The largest absolute Gasteiger partial charge is 0.496 e. The third kappa shape index (κ3) is 9.97. The molecule has 0 amide bonds. The molecule has 0 radical (unpaired) electrons. The minimum atomic E-state index is 0.356. The maximum atomic E-state index is 5.68. The molecule has 0 saturated carbocycles. The third-order valence-electron chi connectivity index (χ3n) is 3.22. The maximum absolute atomic E-state index is 5.68. The average Bonchev–Trinajstić information content (AvgIpc) is 2.56. The quantitative estimate of drug-likeness (QED) is 0.309. The minimum absolute atomic E-state index is 0.356. The third-order valence-corrected chi connectivity index (χ3v) is 3.22. The van der Waals surface area contributed by atoms with E-state index in [0.29, 0.717) is 32.3 Å². The molecule has 130 valence electrons. The van der Waals surface area contributed by atoms with Crippen molar-refractivity contribution < 1.29 is 18.9 Å². The van der Waals surface area contributed by atoms with E-state index >= 15 is 0 Å². The second-order valence-corrected chi connectivity index (χ2v) is 5.12. The van der Waals surface area contributed by atoms with Crippen molar-refractivity contribution in [2.45, 2.75) is 27.2 Å². The zero-order valence-corrected chi connectivity index (χ0v) is 14.6. The van der Waals surface area contributed by atoms with E-state index < -0.39 is 0 Å². The lowest BCUT2D eigenvalue weighted by molar-refractivity contribution is 0.0837. The van der Waals surface area contributed by atoms with Crippen LogP contribution in [-0.2, 0) is 18.9 Å². The Morgan fingerprint density at radius 1 is 1.13 bits per heavy atom. The Bertz CT molecular complexity index is 421. The maximum Gasteiger partial charge on any atom is 0.115 e. The number of allylic oxidation sites excluding steroid dienone is 7. The lowest BCUT2D eigenvalue weighted by atomic mass is 9.99. The van der Waals surface area contributed by atoms with Gasteiger partial charge in [0.05, 0.1) is 19.0 Å². The van der Waals surface area contributed by atoms with Gasteiger partial charge in [0.15, 0.2) is 0 Å². The van der Waals surface area contributed by atoms with Gasteiger partial charge in [0, 0.05) is 19.1 Å². The molecule has 23 heavy (non-hydrogen) atoms. The van der Waals surface area contributed by atoms with Crippen LogP contribution in [0.5, 0.6) is 0 Å². The summed E-state index contributed by atoms with van der Waals surface area (Å²) >= 11 is 0. The first-order chi connectivity index (χ1) is 11.3. The van der Waals surface area contributed by atoms with Crippen molar-refractivity contribution in [2.75, 3.05) is 39.6 Å². The molecule has 0 N–H and O–H groups in total. The van der Waals surface area contributed by atoms with Crippen LogP contribution in [0.25, 0.3) is 0 Å². The van der Waals surface area contributed by atoms with Crippen molar-refractivity contribution in [1.82, 2.24) is 0 Å². The minimum Gasteiger partial charge on any atom is -0.496 e. The molecule has 4 nitrogen and oxygen atoms in total. The van der Waals surface area contributed by atoms with Gasteiger partial charge in [0.2, 0.25) is 0 Å². The SMILES string of the molecule is CCOCCOC1=CC(/C=C/C=C(\C)OCCOCC)CC=C1.